The highest BCUT2D eigenvalue weighted by Crippen LogP contribution is 2.32. The van der Waals surface area contributed by atoms with Gasteiger partial charge in [0.05, 0.1) is 5.69 Å². The minimum absolute atomic E-state index is 0.960. The van der Waals surface area contributed by atoms with Crippen LogP contribution in [0, 0.1) is 6.92 Å². The van der Waals surface area contributed by atoms with E-state index in [0.717, 1.165) is 40.8 Å². The molecule has 0 aliphatic heterocycles. The molecule has 0 saturated heterocycles. The first-order valence-electron chi connectivity index (χ1n) is 6.00. The largest absolute Gasteiger partial charge is 0.382 e. The Morgan fingerprint density at radius 2 is 1.65 bits per heavy atom. The average molecular weight is 364 g/mol. The summed E-state index contributed by atoms with van der Waals surface area (Å²) in [6, 6.07) is 4.26. The number of rotatable bonds is 6. The van der Waals surface area contributed by atoms with E-state index in [2.05, 4.69) is 75.0 Å². The highest BCUT2D eigenvalue weighted by molar-refractivity contribution is 9.11. The van der Waals surface area contributed by atoms with Gasteiger partial charge in [0.2, 0.25) is 0 Å². The number of nitrogens with zero attached hydrogens (tertiary/aromatic N) is 1. The Morgan fingerprint density at radius 1 is 1.12 bits per heavy atom. The Kier molecular flexibility index (Phi) is 6.52. The Labute approximate surface area is 121 Å². The average Bonchev–Trinajstić information content (AvgIpc) is 2.27. The van der Waals surface area contributed by atoms with Gasteiger partial charge in [0.1, 0.15) is 0 Å². The number of aryl methyl sites for hydroxylation is 1. The molecule has 0 fully saturated rings. The van der Waals surface area contributed by atoms with Crippen molar-refractivity contribution in [2.45, 2.75) is 20.8 Å². The smallest absolute Gasteiger partial charge is 0.0629 e. The van der Waals surface area contributed by atoms with Gasteiger partial charge in [0, 0.05) is 22.0 Å². The lowest BCUT2D eigenvalue weighted by Crippen LogP contribution is -2.28. The molecule has 4 heteroatoms. The van der Waals surface area contributed by atoms with Gasteiger partial charge in [-0.25, -0.2) is 0 Å². The summed E-state index contributed by atoms with van der Waals surface area (Å²) in [6.07, 6.45) is 0. The molecule has 0 atom stereocenters. The molecule has 1 aromatic carbocycles. The lowest BCUT2D eigenvalue weighted by Gasteiger charge is -2.19. The summed E-state index contributed by atoms with van der Waals surface area (Å²) in [7, 11) is 0. The lowest BCUT2D eigenvalue weighted by molar-refractivity contribution is 0.316. The molecule has 1 N–H and O–H groups in total. The molecule has 0 heterocycles. The quantitative estimate of drug-likeness (QED) is 0.811. The van der Waals surface area contributed by atoms with Gasteiger partial charge in [-0.1, -0.05) is 13.8 Å². The summed E-state index contributed by atoms with van der Waals surface area (Å²) in [4.78, 5) is 2.41. The highest BCUT2D eigenvalue weighted by Gasteiger charge is 2.06. The van der Waals surface area contributed by atoms with E-state index < -0.39 is 0 Å². The van der Waals surface area contributed by atoms with Gasteiger partial charge in [-0.15, -0.1) is 0 Å². The van der Waals surface area contributed by atoms with Crippen LogP contribution in [0.1, 0.15) is 19.4 Å². The maximum absolute atomic E-state index is 3.59. The second-order valence-corrected chi connectivity index (χ2v) is 5.77. The number of halogens is 2. The van der Waals surface area contributed by atoms with Crippen molar-refractivity contribution < 1.29 is 0 Å². The predicted octanol–water partition coefficient (Wildman–Crippen LogP) is 4.27. The van der Waals surface area contributed by atoms with Crippen LogP contribution in [0.15, 0.2) is 21.1 Å². The van der Waals surface area contributed by atoms with Crippen LogP contribution < -0.4 is 5.32 Å². The summed E-state index contributed by atoms with van der Waals surface area (Å²) >= 11 is 7.19. The molecule has 0 aromatic heterocycles. The molecule has 0 amide bonds. The zero-order chi connectivity index (χ0) is 12.8. The number of anilines is 1. The summed E-state index contributed by atoms with van der Waals surface area (Å²) < 4.78 is 2.23. The molecular weight excluding hydrogens is 344 g/mol. The van der Waals surface area contributed by atoms with Crippen molar-refractivity contribution in [3.8, 4) is 0 Å². The first kappa shape index (κ1) is 15.0. The van der Waals surface area contributed by atoms with Crippen LogP contribution in [0.5, 0.6) is 0 Å². The molecule has 96 valence electrons. The zero-order valence-electron chi connectivity index (χ0n) is 10.7. The molecule has 2 nitrogen and oxygen atoms in total. The van der Waals surface area contributed by atoms with E-state index in [9.17, 15) is 0 Å². The summed E-state index contributed by atoms with van der Waals surface area (Å²) in [5, 5.41) is 3.47. The van der Waals surface area contributed by atoms with Gasteiger partial charge < -0.3 is 10.2 Å². The third-order valence-electron chi connectivity index (χ3n) is 2.81. The van der Waals surface area contributed by atoms with E-state index >= 15 is 0 Å². The minimum Gasteiger partial charge on any atom is -0.382 e. The molecule has 0 bridgehead atoms. The molecule has 1 rings (SSSR count). The van der Waals surface area contributed by atoms with E-state index in [4.69, 9.17) is 0 Å². The van der Waals surface area contributed by atoms with Crippen LogP contribution in [0.2, 0.25) is 0 Å². The standard InChI is InChI=1S/C13H20Br2N2/c1-4-17(5-2)7-6-16-13-11(14)8-10(3)9-12(13)15/h8-9,16H,4-7H2,1-3H3. The molecule has 17 heavy (non-hydrogen) atoms. The van der Waals surface area contributed by atoms with Crippen molar-refractivity contribution in [3.05, 3.63) is 26.6 Å². The second kappa shape index (κ2) is 7.39. The first-order valence-corrected chi connectivity index (χ1v) is 7.59. The monoisotopic (exact) mass is 362 g/mol. The van der Waals surface area contributed by atoms with Crippen LogP contribution >= 0.6 is 31.9 Å². The molecular formula is C13H20Br2N2. The van der Waals surface area contributed by atoms with E-state index in [-0.39, 0.29) is 0 Å². The number of hydrogen-bond acceptors (Lipinski definition) is 2. The van der Waals surface area contributed by atoms with Gasteiger partial charge in [-0.2, -0.15) is 0 Å². The third-order valence-corrected chi connectivity index (χ3v) is 4.06. The fraction of sp³-hybridized carbons (Fsp3) is 0.538. The van der Waals surface area contributed by atoms with Crippen molar-refractivity contribution in [1.29, 1.82) is 0 Å². The summed E-state index contributed by atoms with van der Waals surface area (Å²) in [6.45, 7) is 10.7. The molecule has 0 radical (unpaired) electrons. The van der Waals surface area contributed by atoms with Gasteiger partial charge in [-0.3, -0.25) is 0 Å². The van der Waals surface area contributed by atoms with Gasteiger partial charge in [-0.05, 0) is 69.6 Å². The maximum Gasteiger partial charge on any atom is 0.0629 e. The van der Waals surface area contributed by atoms with E-state index in [0.29, 0.717) is 0 Å². The normalized spacial score (nSPS) is 10.9. The maximum atomic E-state index is 3.59. The fourth-order valence-electron chi connectivity index (χ4n) is 1.75. The zero-order valence-corrected chi connectivity index (χ0v) is 13.9. The summed E-state index contributed by atoms with van der Waals surface area (Å²) in [5.74, 6) is 0. The SMILES string of the molecule is CCN(CC)CCNc1c(Br)cc(C)cc1Br. The molecule has 1 aromatic rings. The molecule has 0 aliphatic carbocycles. The van der Waals surface area contributed by atoms with Crippen LogP contribution in [0.25, 0.3) is 0 Å². The van der Waals surface area contributed by atoms with Gasteiger partial charge in [0.15, 0.2) is 0 Å². The lowest BCUT2D eigenvalue weighted by atomic mass is 10.2. The van der Waals surface area contributed by atoms with Crippen LogP contribution in [0.3, 0.4) is 0 Å². The highest BCUT2D eigenvalue weighted by atomic mass is 79.9. The van der Waals surface area contributed by atoms with Crippen LogP contribution in [-0.4, -0.2) is 31.1 Å². The Bertz CT molecular complexity index is 339. The van der Waals surface area contributed by atoms with E-state index in [1.165, 1.54) is 5.56 Å². The van der Waals surface area contributed by atoms with Crippen molar-refractivity contribution in [3.63, 3.8) is 0 Å². The van der Waals surface area contributed by atoms with E-state index in [1.54, 1.807) is 0 Å². The second-order valence-electron chi connectivity index (χ2n) is 4.06. The third kappa shape index (κ3) is 4.60. The molecule has 0 saturated carbocycles. The minimum atomic E-state index is 0.960. The molecule has 0 aliphatic rings. The number of hydrogen-bond donors (Lipinski definition) is 1. The van der Waals surface area contributed by atoms with Gasteiger partial charge in [0.25, 0.3) is 0 Å². The van der Waals surface area contributed by atoms with Gasteiger partial charge >= 0.3 is 0 Å². The number of likely N-dealkylation sites (N-methyl/N-ethyl adjacent to an activating group) is 1. The molecule has 0 unspecified atom stereocenters. The van der Waals surface area contributed by atoms with Crippen molar-refractivity contribution in [1.82, 2.24) is 4.90 Å². The van der Waals surface area contributed by atoms with E-state index in [1.807, 2.05) is 0 Å². The predicted molar refractivity (Wildman–Crippen MR) is 82.9 cm³/mol. The fourth-order valence-corrected chi connectivity index (χ4v) is 3.44. The Balaban J connectivity index is 2.58. The Hall–Kier alpha value is -0.0600. The van der Waals surface area contributed by atoms with Crippen LogP contribution in [0.4, 0.5) is 5.69 Å². The van der Waals surface area contributed by atoms with Crippen molar-refractivity contribution in [2.24, 2.45) is 0 Å². The molecule has 0 spiro atoms. The topological polar surface area (TPSA) is 15.3 Å². The first-order chi connectivity index (χ1) is 8.08. The summed E-state index contributed by atoms with van der Waals surface area (Å²) in [5.41, 5.74) is 2.39. The van der Waals surface area contributed by atoms with Crippen molar-refractivity contribution >= 4 is 37.5 Å². The Morgan fingerprint density at radius 3 is 2.12 bits per heavy atom. The van der Waals surface area contributed by atoms with Crippen LogP contribution in [-0.2, 0) is 0 Å². The number of benzene rings is 1. The number of nitrogens with one attached hydrogen (secondary N) is 1. The van der Waals surface area contributed by atoms with Crippen molar-refractivity contribution in [2.75, 3.05) is 31.5 Å².